The third kappa shape index (κ3) is 4.85. The summed E-state index contributed by atoms with van der Waals surface area (Å²) in [6, 6.07) is 0. The molecule has 19 heteroatoms. The van der Waals surface area contributed by atoms with Crippen LogP contribution in [0.4, 0.5) is 57.1 Å². The second-order valence-corrected chi connectivity index (χ2v) is 5.30. The number of rotatable bonds is 10. The second-order valence-electron chi connectivity index (χ2n) is 5.30. The van der Waals surface area contributed by atoms with Crippen LogP contribution in [0.1, 0.15) is 0 Å². The number of carbonyl (C=O) groups excluding carboxylic acids is 5. The van der Waals surface area contributed by atoms with Gasteiger partial charge in [-0.25, -0.2) is 0 Å². The summed E-state index contributed by atoms with van der Waals surface area (Å²) >= 11 is 0. The van der Waals surface area contributed by atoms with Gasteiger partial charge in [-0.1, -0.05) is 0 Å². The van der Waals surface area contributed by atoms with Crippen LogP contribution < -0.4 is 0 Å². The highest BCUT2D eigenvalue weighted by Gasteiger charge is 2.75. The maximum absolute atomic E-state index is 13.4. The summed E-state index contributed by atoms with van der Waals surface area (Å²) in [6.45, 7) is -2.85. The van der Waals surface area contributed by atoms with Gasteiger partial charge in [-0.05, 0) is 0 Å². The first-order valence-electron chi connectivity index (χ1n) is 6.65. The molecule has 0 amide bonds. The second kappa shape index (κ2) is 7.83. The van der Waals surface area contributed by atoms with Crippen LogP contribution in [-0.2, 0) is 24.0 Å². The van der Waals surface area contributed by atoms with Crippen LogP contribution in [0.25, 0.3) is 0 Å². The van der Waals surface area contributed by atoms with Crippen molar-refractivity contribution in [3.8, 4) is 0 Å². The van der Waals surface area contributed by atoms with Crippen molar-refractivity contribution < 1.29 is 86.2 Å². The van der Waals surface area contributed by atoms with Gasteiger partial charge in [0.15, 0.2) is 0 Å². The topological polar surface area (TPSA) is 106 Å². The monoisotopic (exact) mass is 490 g/mol. The van der Waals surface area contributed by atoms with Crippen molar-refractivity contribution in [1.29, 1.82) is 0 Å². The van der Waals surface area contributed by atoms with E-state index in [0.717, 1.165) is 0 Å². The maximum Gasteiger partial charge on any atom is 0.456 e. The van der Waals surface area contributed by atoms with E-state index in [1.54, 1.807) is 0 Å². The Labute approximate surface area is 159 Å². The first-order chi connectivity index (χ1) is 13.3. The first kappa shape index (κ1) is 28.4. The van der Waals surface area contributed by atoms with E-state index in [1.807, 2.05) is 0 Å². The molecule has 0 aliphatic carbocycles. The Bertz CT molecular complexity index is 810. The number of carbonyl (C=O) groups is 5. The maximum atomic E-state index is 13.4. The average Bonchev–Trinajstić information content (AvgIpc) is 2.63. The Morgan fingerprint density at radius 1 is 0.452 bits per heavy atom. The standard InChI is InChI=1S/C12H3F13O6/c13-7(14,1-26)2(27)8(15,16)3(28)9(17,18)4(29)10(19,20)5(30)11(21,22)6(31)12(23,24)25/h26H,1H2. The minimum absolute atomic E-state index is 2.85. The van der Waals surface area contributed by atoms with Gasteiger partial charge in [-0.15, -0.1) is 0 Å². The van der Waals surface area contributed by atoms with Gasteiger partial charge in [-0.3, -0.25) is 24.0 Å². The number of alkyl halides is 13. The molecule has 0 saturated carbocycles. The summed E-state index contributed by atoms with van der Waals surface area (Å²) in [5.41, 5.74) is 0. The minimum Gasteiger partial charge on any atom is -0.390 e. The molecule has 0 unspecified atom stereocenters. The Morgan fingerprint density at radius 3 is 0.903 bits per heavy atom. The molecule has 0 radical (unpaired) electrons. The van der Waals surface area contributed by atoms with E-state index in [9.17, 15) is 81.0 Å². The quantitative estimate of drug-likeness (QED) is 0.368. The van der Waals surface area contributed by atoms with E-state index in [1.165, 1.54) is 0 Å². The van der Waals surface area contributed by atoms with Crippen LogP contribution in [-0.4, -0.2) is 76.4 Å². The predicted molar refractivity (Wildman–Crippen MR) is 62.9 cm³/mol. The third-order valence-electron chi connectivity index (χ3n) is 3.07. The number of Topliss-reactive ketones (excluding diaryl/α,β-unsaturated/α-hetero) is 5. The van der Waals surface area contributed by atoms with Gasteiger partial charge in [0.05, 0.1) is 0 Å². The van der Waals surface area contributed by atoms with Crippen molar-refractivity contribution in [2.45, 2.75) is 35.8 Å². The molecule has 0 aliphatic heterocycles. The van der Waals surface area contributed by atoms with Crippen molar-refractivity contribution in [3.05, 3.63) is 0 Å². The fourth-order valence-electron chi connectivity index (χ4n) is 1.48. The molecule has 178 valence electrons. The number of hydrogen-bond acceptors (Lipinski definition) is 6. The molecular formula is C12H3F13O6. The Balaban J connectivity index is 6.27. The van der Waals surface area contributed by atoms with E-state index in [4.69, 9.17) is 5.11 Å². The van der Waals surface area contributed by atoms with Gasteiger partial charge < -0.3 is 5.11 Å². The van der Waals surface area contributed by atoms with E-state index in [2.05, 4.69) is 0 Å². The van der Waals surface area contributed by atoms with Gasteiger partial charge >= 0.3 is 41.6 Å². The van der Waals surface area contributed by atoms with Crippen molar-refractivity contribution in [1.82, 2.24) is 0 Å². The third-order valence-corrected chi connectivity index (χ3v) is 3.07. The molecule has 0 fully saturated rings. The van der Waals surface area contributed by atoms with E-state index >= 15 is 0 Å². The predicted octanol–water partition coefficient (Wildman–Crippen LogP) is 1.56. The SMILES string of the molecule is O=C(C(F)(F)F)C(F)(F)C(=O)C(F)(F)C(=O)C(F)(F)C(=O)C(F)(F)C(=O)C(F)(F)CO. The molecule has 0 rings (SSSR count). The summed E-state index contributed by atoms with van der Waals surface area (Å²) in [5.74, 6) is -56.8. The molecule has 6 nitrogen and oxygen atoms in total. The molecule has 0 aromatic carbocycles. The lowest BCUT2D eigenvalue weighted by Gasteiger charge is -2.26. The number of ketones is 5. The van der Waals surface area contributed by atoms with Crippen LogP contribution in [0, 0.1) is 0 Å². The highest BCUT2D eigenvalue weighted by Crippen LogP contribution is 2.40. The fraction of sp³-hybridized carbons (Fsp3) is 0.583. The summed E-state index contributed by atoms with van der Waals surface area (Å²) < 4.78 is 167. The van der Waals surface area contributed by atoms with Crippen LogP contribution in [0.3, 0.4) is 0 Å². The average molecular weight is 490 g/mol. The smallest absolute Gasteiger partial charge is 0.390 e. The van der Waals surface area contributed by atoms with Gasteiger partial charge in [0, 0.05) is 0 Å². The Kier molecular flexibility index (Phi) is 7.17. The molecule has 0 spiro atoms. The van der Waals surface area contributed by atoms with Gasteiger partial charge in [-0.2, -0.15) is 57.1 Å². The first-order valence-corrected chi connectivity index (χ1v) is 6.65. The van der Waals surface area contributed by atoms with Crippen molar-refractivity contribution >= 4 is 28.9 Å². The normalized spacial score (nSPS) is 14.3. The molecule has 31 heavy (non-hydrogen) atoms. The van der Waals surface area contributed by atoms with Crippen molar-refractivity contribution in [3.63, 3.8) is 0 Å². The van der Waals surface area contributed by atoms with Crippen molar-refractivity contribution in [2.24, 2.45) is 0 Å². The zero-order chi connectivity index (χ0) is 25.6. The van der Waals surface area contributed by atoms with Gasteiger partial charge in [0.1, 0.15) is 6.61 Å². The van der Waals surface area contributed by atoms with Gasteiger partial charge in [0.25, 0.3) is 23.1 Å². The molecule has 0 heterocycles. The Hall–Kier alpha value is -2.60. The lowest BCUT2D eigenvalue weighted by atomic mass is 9.92. The molecule has 0 atom stereocenters. The molecule has 0 aliphatic rings. The van der Waals surface area contributed by atoms with Crippen LogP contribution >= 0.6 is 0 Å². The zero-order valence-electron chi connectivity index (χ0n) is 13.6. The number of aliphatic hydroxyl groups is 1. The van der Waals surface area contributed by atoms with Crippen LogP contribution in [0.15, 0.2) is 0 Å². The summed E-state index contributed by atoms with van der Waals surface area (Å²) in [6.07, 6.45) is -6.76. The molecule has 0 saturated heterocycles. The van der Waals surface area contributed by atoms with Crippen LogP contribution in [0.2, 0.25) is 0 Å². The van der Waals surface area contributed by atoms with E-state index < -0.39 is 71.3 Å². The highest BCUT2D eigenvalue weighted by molar-refractivity contribution is 6.28. The van der Waals surface area contributed by atoms with E-state index in [-0.39, 0.29) is 0 Å². The summed E-state index contributed by atoms with van der Waals surface area (Å²) in [7, 11) is 0. The molecule has 0 aromatic rings. The summed E-state index contributed by atoms with van der Waals surface area (Å²) in [5, 5.41) is 7.99. The van der Waals surface area contributed by atoms with E-state index in [0.29, 0.717) is 0 Å². The fourth-order valence-corrected chi connectivity index (χ4v) is 1.48. The number of halogens is 13. The molecule has 1 N–H and O–H groups in total. The van der Waals surface area contributed by atoms with Gasteiger partial charge in [0.2, 0.25) is 0 Å². The molecule has 0 bridgehead atoms. The largest absolute Gasteiger partial charge is 0.456 e. The zero-order valence-corrected chi connectivity index (χ0v) is 13.6. The van der Waals surface area contributed by atoms with Crippen molar-refractivity contribution in [2.75, 3.05) is 6.61 Å². The lowest BCUT2D eigenvalue weighted by molar-refractivity contribution is -0.208. The lowest BCUT2D eigenvalue weighted by Crippen LogP contribution is -2.63. The van der Waals surface area contributed by atoms with Crippen LogP contribution in [0.5, 0.6) is 0 Å². The highest BCUT2D eigenvalue weighted by atomic mass is 19.4. The summed E-state index contributed by atoms with van der Waals surface area (Å²) in [4.78, 5) is 53.6. The molecular weight excluding hydrogens is 487 g/mol. The molecule has 0 aromatic heterocycles. The Morgan fingerprint density at radius 2 is 0.677 bits per heavy atom. The number of aliphatic hydroxyl groups excluding tert-OH is 1. The number of hydrogen-bond donors (Lipinski definition) is 1. The minimum atomic E-state index is -7.15.